The number of benzene rings is 1. The van der Waals surface area contributed by atoms with Crippen LogP contribution in [0.1, 0.15) is 15.9 Å². The van der Waals surface area contributed by atoms with Crippen molar-refractivity contribution in [3.8, 4) is 0 Å². The molecular formula is C12H12BrN3O. The van der Waals surface area contributed by atoms with Gasteiger partial charge >= 0.3 is 0 Å². The van der Waals surface area contributed by atoms with Crippen LogP contribution >= 0.6 is 15.9 Å². The fourth-order valence-electron chi connectivity index (χ4n) is 1.45. The molecule has 2 aromatic rings. The topological polar surface area (TPSA) is 46.9 Å². The number of anilines is 1. The monoisotopic (exact) mass is 293 g/mol. The van der Waals surface area contributed by atoms with Crippen LogP contribution in [0.25, 0.3) is 0 Å². The molecule has 17 heavy (non-hydrogen) atoms. The Kier molecular flexibility index (Phi) is 3.28. The van der Waals surface area contributed by atoms with Gasteiger partial charge in [0, 0.05) is 17.7 Å². The summed E-state index contributed by atoms with van der Waals surface area (Å²) < 4.78 is 2.47. The number of aryl methyl sites for hydroxylation is 2. The number of hydrogen-bond donors (Lipinski definition) is 1. The SMILES string of the molecule is Cc1ccc(NC(=O)c2cnn(C)c2)c(Br)c1. The third-order valence-electron chi connectivity index (χ3n) is 2.34. The van der Waals surface area contributed by atoms with Gasteiger partial charge in [-0.25, -0.2) is 0 Å². The zero-order valence-corrected chi connectivity index (χ0v) is 11.2. The summed E-state index contributed by atoms with van der Waals surface area (Å²) in [4.78, 5) is 11.9. The number of carbonyl (C=O) groups is 1. The number of rotatable bonds is 2. The van der Waals surface area contributed by atoms with Gasteiger partial charge in [0.25, 0.3) is 5.91 Å². The van der Waals surface area contributed by atoms with Crippen LogP contribution in [0.4, 0.5) is 5.69 Å². The van der Waals surface area contributed by atoms with Crippen molar-refractivity contribution in [2.75, 3.05) is 5.32 Å². The normalized spacial score (nSPS) is 10.3. The van der Waals surface area contributed by atoms with Crippen LogP contribution in [-0.4, -0.2) is 15.7 Å². The van der Waals surface area contributed by atoms with Crippen molar-refractivity contribution in [1.29, 1.82) is 0 Å². The lowest BCUT2D eigenvalue weighted by molar-refractivity contribution is 0.102. The van der Waals surface area contributed by atoms with Crippen LogP contribution in [0, 0.1) is 6.92 Å². The fraction of sp³-hybridized carbons (Fsp3) is 0.167. The molecule has 1 N–H and O–H groups in total. The number of halogens is 1. The van der Waals surface area contributed by atoms with E-state index in [2.05, 4.69) is 26.3 Å². The van der Waals surface area contributed by atoms with Gasteiger partial charge in [-0.3, -0.25) is 9.48 Å². The van der Waals surface area contributed by atoms with Crippen molar-refractivity contribution >= 4 is 27.5 Å². The van der Waals surface area contributed by atoms with Crippen LogP contribution in [0.3, 0.4) is 0 Å². The third-order valence-corrected chi connectivity index (χ3v) is 3.00. The van der Waals surface area contributed by atoms with Gasteiger partial charge in [-0.05, 0) is 40.5 Å². The second-order valence-corrected chi connectivity index (χ2v) is 4.69. The van der Waals surface area contributed by atoms with E-state index in [9.17, 15) is 4.79 Å². The van der Waals surface area contributed by atoms with Gasteiger partial charge in [-0.15, -0.1) is 0 Å². The van der Waals surface area contributed by atoms with Crippen LogP contribution in [-0.2, 0) is 7.05 Å². The maximum atomic E-state index is 11.9. The smallest absolute Gasteiger partial charge is 0.258 e. The molecule has 4 nitrogen and oxygen atoms in total. The van der Waals surface area contributed by atoms with E-state index in [0.717, 1.165) is 15.7 Å². The molecule has 0 radical (unpaired) electrons. The highest BCUT2D eigenvalue weighted by atomic mass is 79.9. The fourth-order valence-corrected chi connectivity index (χ4v) is 2.05. The maximum absolute atomic E-state index is 11.9. The molecule has 0 aliphatic carbocycles. The molecule has 2 rings (SSSR count). The highest BCUT2D eigenvalue weighted by Gasteiger charge is 2.09. The van der Waals surface area contributed by atoms with Crippen molar-refractivity contribution < 1.29 is 4.79 Å². The summed E-state index contributed by atoms with van der Waals surface area (Å²) in [7, 11) is 1.78. The first-order chi connectivity index (χ1) is 8.06. The molecule has 0 saturated heterocycles. The number of amides is 1. The zero-order chi connectivity index (χ0) is 12.4. The van der Waals surface area contributed by atoms with Crippen molar-refractivity contribution in [3.05, 3.63) is 46.2 Å². The molecule has 0 spiro atoms. The molecule has 5 heteroatoms. The van der Waals surface area contributed by atoms with Crippen molar-refractivity contribution in [2.24, 2.45) is 7.05 Å². The van der Waals surface area contributed by atoms with Crippen LogP contribution in [0.15, 0.2) is 35.1 Å². The van der Waals surface area contributed by atoms with E-state index < -0.39 is 0 Å². The second kappa shape index (κ2) is 4.71. The minimum atomic E-state index is -0.164. The molecule has 0 bridgehead atoms. The van der Waals surface area contributed by atoms with Gasteiger partial charge in [-0.1, -0.05) is 6.07 Å². The van der Waals surface area contributed by atoms with E-state index in [0.29, 0.717) is 5.56 Å². The summed E-state index contributed by atoms with van der Waals surface area (Å²) in [6.45, 7) is 2.00. The maximum Gasteiger partial charge on any atom is 0.258 e. The summed E-state index contributed by atoms with van der Waals surface area (Å²) in [5, 5.41) is 6.79. The first-order valence-corrected chi connectivity index (χ1v) is 5.92. The number of nitrogens with one attached hydrogen (secondary N) is 1. The van der Waals surface area contributed by atoms with E-state index in [1.54, 1.807) is 17.9 Å². The highest BCUT2D eigenvalue weighted by molar-refractivity contribution is 9.10. The largest absolute Gasteiger partial charge is 0.321 e. The summed E-state index contributed by atoms with van der Waals surface area (Å²) in [5.41, 5.74) is 2.43. The predicted molar refractivity (Wildman–Crippen MR) is 70.0 cm³/mol. The molecule has 1 amide bonds. The molecule has 0 aliphatic heterocycles. The number of hydrogen-bond acceptors (Lipinski definition) is 2. The van der Waals surface area contributed by atoms with Crippen molar-refractivity contribution in [1.82, 2.24) is 9.78 Å². The Morgan fingerprint density at radius 2 is 2.24 bits per heavy atom. The molecule has 0 fully saturated rings. The minimum absolute atomic E-state index is 0.164. The van der Waals surface area contributed by atoms with Gasteiger partial charge in [0.2, 0.25) is 0 Å². The van der Waals surface area contributed by atoms with Gasteiger partial charge in [-0.2, -0.15) is 5.10 Å². The third kappa shape index (κ3) is 2.74. The summed E-state index contributed by atoms with van der Waals surface area (Å²) >= 11 is 3.42. The number of aromatic nitrogens is 2. The lowest BCUT2D eigenvalue weighted by Gasteiger charge is -2.06. The lowest BCUT2D eigenvalue weighted by atomic mass is 10.2. The zero-order valence-electron chi connectivity index (χ0n) is 9.57. The Balaban J connectivity index is 2.18. The summed E-state index contributed by atoms with van der Waals surface area (Å²) in [6.07, 6.45) is 3.22. The molecule has 0 aliphatic rings. The Morgan fingerprint density at radius 3 is 2.82 bits per heavy atom. The summed E-state index contributed by atoms with van der Waals surface area (Å²) in [6, 6.07) is 5.77. The standard InChI is InChI=1S/C12H12BrN3O/c1-8-3-4-11(10(13)5-8)15-12(17)9-6-14-16(2)7-9/h3-7H,1-2H3,(H,15,17). The Hall–Kier alpha value is -1.62. The van der Waals surface area contributed by atoms with Gasteiger partial charge in [0.1, 0.15) is 0 Å². The lowest BCUT2D eigenvalue weighted by Crippen LogP contribution is -2.11. The minimum Gasteiger partial charge on any atom is -0.321 e. The Labute approximate surface area is 108 Å². The quantitative estimate of drug-likeness (QED) is 0.925. The first kappa shape index (κ1) is 11.9. The number of carbonyl (C=O) groups excluding carboxylic acids is 1. The van der Waals surface area contributed by atoms with E-state index in [1.165, 1.54) is 6.20 Å². The average Bonchev–Trinajstić information content (AvgIpc) is 2.69. The Morgan fingerprint density at radius 1 is 1.47 bits per heavy atom. The first-order valence-electron chi connectivity index (χ1n) is 5.12. The number of nitrogens with zero attached hydrogens (tertiary/aromatic N) is 2. The van der Waals surface area contributed by atoms with E-state index in [4.69, 9.17) is 0 Å². The van der Waals surface area contributed by atoms with Crippen molar-refractivity contribution in [3.63, 3.8) is 0 Å². The molecule has 0 saturated carbocycles. The van der Waals surface area contributed by atoms with Crippen molar-refractivity contribution in [2.45, 2.75) is 6.92 Å². The molecule has 0 unspecified atom stereocenters. The molecule has 0 atom stereocenters. The van der Waals surface area contributed by atoms with E-state index in [-0.39, 0.29) is 5.91 Å². The molecule has 88 valence electrons. The van der Waals surface area contributed by atoms with E-state index in [1.807, 2.05) is 25.1 Å². The highest BCUT2D eigenvalue weighted by Crippen LogP contribution is 2.23. The average molecular weight is 294 g/mol. The van der Waals surface area contributed by atoms with Crippen LogP contribution in [0.5, 0.6) is 0 Å². The van der Waals surface area contributed by atoms with E-state index >= 15 is 0 Å². The van der Waals surface area contributed by atoms with Gasteiger partial charge in [0.05, 0.1) is 17.4 Å². The molecule has 1 heterocycles. The van der Waals surface area contributed by atoms with Crippen LogP contribution in [0.2, 0.25) is 0 Å². The molecular weight excluding hydrogens is 282 g/mol. The summed E-state index contributed by atoms with van der Waals surface area (Å²) in [5.74, 6) is -0.164. The molecule has 1 aromatic heterocycles. The van der Waals surface area contributed by atoms with Gasteiger partial charge < -0.3 is 5.32 Å². The Bertz CT molecular complexity index is 563. The predicted octanol–water partition coefficient (Wildman–Crippen LogP) is 2.74. The van der Waals surface area contributed by atoms with Gasteiger partial charge in [0.15, 0.2) is 0 Å². The van der Waals surface area contributed by atoms with Crippen LogP contribution < -0.4 is 5.32 Å². The second-order valence-electron chi connectivity index (χ2n) is 3.84. The molecule has 1 aromatic carbocycles.